The van der Waals surface area contributed by atoms with E-state index in [1.54, 1.807) is 0 Å². The summed E-state index contributed by atoms with van der Waals surface area (Å²) in [6, 6.07) is 0.538. The lowest BCUT2D eigenvalue weighted by atomic mass is 9.84. The van der Waals surface area contributed by atoms with Gasteiger partial charge in [-0.2, -0.15) is 5.10 Å². The third-order valence-electron chi connectivity index (χ3n) is 4.75. The minimum absolute atomic E-state index is 0.0641. The van der Waals surface area contributed by atoms with Crippen LogP contribution in [0.25, 0.3) is 0 Å². The number of hydrogen-bond acceptors (Lipinski definition) is 4. The molecule has 3 heterocycles. The second-order valence-corrected chi connectivity index (χ2v) is 6.13. The van der Waals surface area contributed by atoms with Gasteiger partial charge >= 0.3 is 0 Å². The molecule has 0 saturated carbocycles. The maximum atomic E-state index is 6.08. The molecule has 1 unspecified atom stereocenters. The quantitative estimate of drug-likeness (QED) is 0.886. The summed E-state index contributed by atoms with van der Waals surface area (Å²) >= 11 is 0. The van der Waals surface area contributed by atoms with Crippen LogP contribution in [0.3, 0.4) is 0 Å². The van der Waals surface area contributed by atoms with E-state index >= 15 is 0 Å². The molecule has 1 aromatic heterocycles. The highest BCUT2D eigenvalue weighted by molar-refractivity contribution is 5.22. The van der Waals surface area contributed by atoms with Crippen molar-refractivity contribution in [3.8, 4) is 0 Å². The van der Waals surface area contributed by atoms with Gasteiger partial charge in [-0.15, -0.1) is 0 Å². The Labute approximate surface area is 120 Å². The smallest absolute Gasteiger partial charge is 0.0741 e. The van der Waals surface area contributed by atoms with Gasteiger partial charge in [0, 0.05) is 43.7 Å². The van der Waals surface area contributed by atoms with Crippen molar-refractivity contribution in [2.24, 2.45) is 0 Å². The molecule has 2 fully saturated rings. The number of hydrogen-bond donors (Lipinski definition) is 2. The van der Waals surface area contributed by atoms with Gasteiger partial charge in [-0.1, -0.05) is 0 Å². The summed E-state index contributed by atoms with van der Waals surface area (Å²) in [5, 5.41) is 11.0. The van der Waals surface area contributed by atoms with Gasteiger partial charge in [0.2, 0.25) is 0 Å². The Bertz CT molecular complexity index is 427. The van der Waals surface area contributed by atoms with Crippen LogP contribution in [0.15, 0.2) is 0 Å². The summed E-state index contributed by atoms with van der Waals surface area (Å²) in [5.74, 6) is 0. The normalized spacial score (nSPS) is 26.0. The summed E-state index contributed by atoms with van der Waals surface area (Å²) in [6.45, 7) is 7.58. The van der Waals surface area contributed by atoms with Crippen LogP contribution in [-0.4, -0.2) is 41.7 Å². The Balaban J connectivity index is 1.58. The van der Waals surface area contributed by atoms with Crippen molar-refractivity contribution in [2.75, 3.05) is 19.8 Å². The predicted molar refractivity (Wildman–Crippen MR) is 76.7 cm³/mol. The Morgan fingerprint density at radius 2 is 2.10 bits per heavy atom. The van der Waals surface area contributed by atoms with E-state index in [1.807, 2.05) is 0 Å². The molecule has 2 aliphatic rings. The number of H-pyrrole nitrogens is 1. The molecule has 1 aromatic rings. The van der Waals surface area contributed by atoms with Crippen LogP contribution >= 0.6 is 0 Å². The largest absolute Gasteiger partial charge is 0.381 e. The molecule has 5 heteroatoms. The molecule has 0 aliphatic carbocycles. The van der Waals surface area contributed by atoms with E-state index in [2.05, 4.69) is 29.4 Å². The first-order valence-corrected chi connectivity index (χ1v) is 7.64. The van der Waals surface area contributed by atoms with Crippen molar-refractivity contribution in [2.45, 2.75) is 57.7 Å². The van der Waals surface area contributed by atoms with Crippen molar-refractivity contribution >= 4 is 0 Å². The van der Waals surface area contributed by atoms with Crippen LogP contribution in [0.4, 0.5) is 0 Å². The van der Waals surface area contributed by atoms with Gasteiger partial charge in [-0.05, 0) is 39.5 Å². The Morgan fingerprint density at radius 1 is 1.30 bits per heavy atom. The first-order valence-electron chi connectivity index (χ1n) is 7.64. The van der Waals surface area contributed by atoms with Gasteiger partial charge in [0.1, 0.15) is 0 Å². The maximum absolute atomic E-state index is 6.08. The summed E-state index contributed by atoms with van der Waals surface area (Å²) in [5.41, 5.74) is 3.64. The number of nitrogens with one attached hydrogen (secondary N) is 2. The minimum Gasteiger partial charge on any atom is -0.381 e. The second-order valence-electron chi connectivity index (χ2n) is 6.13. The summed E-state index contributed by atoms with van der Waals surface area (Å²) in [7, 11) is 0. The lowest BCUT2D eigenvalue weighted by Crippen LogP contribution is -2.49. The van der Waals surface area contributed by atoms with Crippen molar-refractivity contribution in [3.63, 3.8) is 0 Å². The molecule has 2 N–H and O–H groups in total. The van der Waals surface area contributed by atoms with Crippen molar-refractivity contribution in [1.29, 1.82) is 0 Å². The number of aryl methyl sites for hydroxylation is 2. The van der Waals surface area contributed by atoms with Gasteiger partial charge in [0.25, 0.3) is 0 Å². The third kappa shape index (κ3) is 2.90. The van der Waals surface area contributed by atoms with Crippen molar-refractivity contribution in [1.82, 2.24) is 15.5 Å². The Morgan fingerprint density at radius 3 is 2.80 bits per heavy atom. The monoisotopic (exact) mass is 279 g/mol. The number of nitrogens with zero attached hydrogens (tertiary/aromatic N) is 1. The molecule has 112 valence electrons. The topological polar surface area (TPSA) is 59.2 Å². The first kappa shape index (κ1) is 14.0. The zero-order chi connectivity index (χ0) is 14.0. The molecular weight excluding hydrogens is 254 g/mol. The molecule has 1 atom stereocenters. The van der Waals surface area contributed by atoms with E-state index in [1.165, 1.54) is 11.3 Å². The number of aromatic nitrogens is 2. The van der Waals surface area contributed by atoms with E-state index in [9.17, 15) is 0 Å². The van der Waals surface area contributed by atoms with E-state index in [0.717, 1.165) is 57.7 Å². The number of aromatic amines is 1. The summed E-state index contributed by atoms with van der Waals surface area (Å²) in [6.07, 6.45) is 4.27. The highest BCUT2D eigenvalue weighted by atomic mass is 16.5. The molecule has 0 bridgehead atoms. The van der Waals surface area contributed by atoms with Crippen LogP contribution in [-0.2, 0) is 16.0 Å². The molecule has 5 nitrogen and oxygen atoms in total. The predicted octanol–water partition coefficient (Wildman–Crippen LogP) is 1.84. The van der Waals surface area contributed by atoms with Crippen LogP contribution in [0.2, 0.25) is 0 Å². The average Bonchev–Trinajstić information content (AvgIpc) is 2.77. The van der Waals surface area contributed by atoms with E-state index in [0.29, 0.717) is 6.04 Å². The lowest BCUT2D eigenvalue weighted by molar-refractivity contribution is -0.140. The van der Waals surface area contributed by atoms with Crippen LogP contribution in [0.5, 0.6) is 0 Å². The fourth-order valence-corrected chi connectivity index (χ4v) is 3.37. The molecule has 2 aliphatic heterocycles. The van der Waals surface area contributed by atoms with Gasteiger partial charge in [-0.25, -0.2) is 0 Å². The maximum Gasteiger partial charge on any atom is 0.0741 e. The van der Waals surface area contributed by atoms with E-state index < -0.39 is 0 Å². The number of rotatable bonds is 3. The molecule has 0 radical (unpaired) electrons. The minimum atomic E-state index is 0.0641. The Kier molecular flexibility index (Phi) is 4.10. The number of ether oxygens (including phenoxy) is 2. The fraction of sp³-hybridized carbons (Fsp3) is 0.800. The summed E-state index contributed by atoms with van der Waals surface area (Å²) < 4.78 is 11.6. The Hall–Kier alpha value is -0.910. The van der Waals surface area contributed by atoms with Gasteiger partial charge in [0.15, 0.2) is 0 Å². The van der Waals surface area contributed by atoms with Gasteiger partial charge < -0.3 is 14.8 Å². The molecule has 2 saturated heterocycles. The highest BCUT2D eigenvalue weighted by Crippen LogP contribution is 2.34. The van der Waals surface area contributed by atoms with Crippen LogP contribution in [0, 0.1) is 13.8 Å². The highest BCUT2D eigenvalue weighted by Gasteiger charge is 2.38. The molecule has 0 aromatic carbocycles. The van der Waals surface area contributed by atoms with Crippen LogP contribution < -0.4 is 5.32 Å². The van der Waals surface area contributed by atoms with Gasteiger partial charge in [0.05, 0.1) is 11.3 Å². The van der Waals surface area contributed by atoms with E-state index in [-0.39, 0.29) is 5.60 Å². The van der Waals surface area contributed by atoms with Crippen molar-refractivity contribution < 1.29 is 9.47 Å². The molecular formula is C15H25N3O2. The second kappa shape index (κ2) is 5.84. The lowest BCUT2D eigenvalue weighted by Gasteiger charge is -2.43. The SMILES string of the molecule is Cc1n[nH]c(C)c1CNC1CCOC2(CCOCC2)C1. The molecule has 20 heavy (non-hydrogen) atoms. The fourth-order valence-electron chi connectivity index (χ4n) is 3.37. The first-order chi connectivity index (χ1) is 9.69. The van der Waals surface area contributed by atoms with Gasteiger partial charge in [-0.3, -0.25) is 5.10 Å². The zero-order valence-electron chi connectivity index (χ0n) is 12.5. The third-order valence-corrected chi connectivity index (χ3v) is 4.75. The molecule has 1 spiro atoms. The van der Waals surface area contributed by atoms with Crippen molar-refractivity contribution in [3.05, 3.63) is 17.0 Å². The molecule has 0 amide bonds. The zero-order valence-corrected chi connectivity index (χ0v) is 12.5. The van der Waals surface area contributed by atoms with E-state index in [4.69, 9.17) is 9.47 Å². The summed E-state index contributed by atoms with van der Waals surface area (Å²) in [4.78, 5) is 0. The average molecular weight is 279 g/mol. The molecule has 3 rings (SSSR count). The van der Waals surface area contributed by atoms with Crippen LogP contribution in [0.1, 0.15) is 42.6 Å². The standard InChI is InChI=1S/C15H25N3O2/c1-11-14(12(2)18-17-11)10-16-13-3-6-20-15(9-13)4-7-19-8-5-15/h13,16H,3-10H2,1-2H3,(H,17,18).